The average molecular weight is 811 g/mol. The molecule has 0 spiro atoms. The highest BCUT2D eigenvalue weighted by molar-refractivity contribution is 14.1. The van der Waals surface area contributed by atoms with Gasteiger partial charge in [-0.25, -0.2) is 9.79 Å². The summed E-state index contributed by atoms with van der Waals surface area (Å²) in [5, 5.41) is 10.6. The number of rotatable bonds is 6. The number of aromatic hydroxyl groups is 1. The maximum absolute atomic E-state index is 13.9. The molecule has 37 heavy (non-hydrogen) atoms. The van der Waals surface area contributed by atoms with Crippen molar-refractivity contribution in [3.63, 3.8) is 0 Å². The van der Waals surface area contributed by atoms with Crippen molar-refractivity contribution in [2.24, 2.45) is 4.99 Å². The van der Waals surface area contributed by atoms with Crippen molar-refractivity contribution < 1.29 is 24.1 Å². The van der Waals surface area contributed by atoms with Gasteiger partial charge in [0.2, 0.25) is 0 Å². The molecule has 0 fully saturated rings. The van der Waals surface area contributed by atoms with Crippen LogP contribution in [0, 0.1) is 7.14 Å². The largest absolute Gasteiger partial charge is 0.506 e. The van der Waals surface area contributed by atoms with Crippen molar-refractivity contribution in [1.82, 2.24) is 4.57 Å². The number of ether oxygens (including phenoxy) is 3. The van der Waals surface area contributed by atoms with Gasteiger partial charge in [-0.15, -0.1) is 0 Å². The maximum Gasteiger partial charge on any atom is 0.338 e. The Morgan fingerprint density at radius 2 is 1.89 bits per heavy atom. The van der Waals surface area contributed by atoms with E-state index in [1.54, 1.807) is 38.1 Å². The summed E-state index contributed by atoms with van der Waals surface area (Å²) in [5.41, 5.74) is 1.48. The van der Waals surface area contributed by atoms with Crippen LogP contribution in [0.5, 0.6) is 17.2 Å². The van der Waals surface area contributed by atoms with E-state index in [9.17, 15) is 14.7 Å². The highest BCUT2D eigenvalue weighted by atomic mass is 127. The molecular formula is C25H21BrI2N2O6S. The van der Waals surface area contributed by atoms with Crippen molar-refractivity contribution >= 4 is 84.5 Å². The number of aromatic nitrogens is 1. The monoisotopic (exact) mass is 810 g/mol. The first kappa shape index (κ1) is 28.1. The fraction of sp³-hybridized carbons (Fsp3) is 0.240. The molecule has 0 bridgehead atoms. The molecule has 194 valence electrons. The summed E-state index contributed by atoms with van der Waals surface area (Å²) in [4.78, 5) is 32.0. The van der Waals surface area contributed by atoms with E-state index < -0.39 is 12.0 Å². The molecule has 1 aromatic heterocycles. The first-order valence-electron chi connectivity index (χ1n) is 10.9. The highest BCUT2D eigenvalue weighted by Crippen LogP contribution is 2.40. The molecule has 3 aromatic rings. The minimum absolute atomic E-state index is 0.0921. The molecule has 12 heteroatoms. The number of phenolic OH excluding ortho intramolecular Hbond substituents is 1. The number of fused-ring (bicyclic) bond motifs is 1. The van der Waals surface area contributed by atoms with Crippen molar-refractivity contribution in [2.45, 2.75) is 19.9 Å². The normalized spacial score (nSPS) is 15.3. The van der Waals surface area contributed by atoms with E-state index in [2.05, 4.69) is 66.1 Å². The van der Waals surface area contributed by atoms with Crippen LogP contribution in [0.2, 0.25) is 0 Å². The fourth-order valence-electron chi connectivity index (χ4n) is 4.00. The zero-order valence-corrected chi connectivity index (χ0v) is 26.8. The molecule has 1 aliphatic heterocycles. The molecule has 0 amide bonds. The molecule has 0 saturated carbocycles. The van der Waals surface area contributed by atoms with Crippen molar-refractivity contribution in [1.29, 1.82) is 0 Å². The predicted octanol–water partition coefficient (Wildman–Crippen LogP) is 4.49. The third-order valence-corrected chi connectivity index (χ3v) is 8.77. The van der Waals surface area contributed by atoms with E-state index in [1.165, 1.54) is 30.1 Å². The van der Waals surface area contributed by atoms with Crippen LogP contribution in [-0.4, -0.2) is 36.5 Å². The van der Waals surface area contributed by atoms with Gasteiger partial charge in [-0.3, -0.25) is 9.36 Å². The second kappa shape index (κ2) is 11.5. The van der Waals surface area contributed by atoms with E-state index in [1.807, 2.05) is 6.07 Å². The second-order valence-electron chi connectivity index (χ2n) is 7.86. The Labute approximate surface area is 252 Å². The van der Waals surface area contributed by atoms with Crippen LogP contribution in [0.3, 0.4) is 0 Å². The third-order valence-electron chi connectivity index (χ3n) is 5.66. The van der Waals surface area contributed by atoms with Gasteiger partial charge in [0.25, 0.3) is 5.56 Å². The number of carbonyl (C=O) groups is 1. The van der Waals surface area contributed by atoms with Gasteiger partial charge >= 0.3 is 5.97 Å². The molecule has 1 aliphatic rings. The summed E-state index contributed by atoms with van der Waals surface area (Å²) in [6.07, 6.45) is 1.65. The molecule has 2 aromatic carbocycles. The third kappa shape index (κ3) is 5.34. The van der Waals surface area contributed by atoms with E-state index in [-0.39, 0.29) is 23.5 Å². The molecule has 4 rings (SSSR count). The van der Waals surface area contributed by atoms with Gasteiger partial charge in [0.15, 0.2) is 16.3 Å². The molecule has 2 heterocycles. The molecule has 0 unspecified atom stereocenters. The van der Waals surface area contributed by atoms with Crippen LogP contribution in [0.4, 0.5) is 0 Å². The Balaban J connectivity index is 2.04. The molecule has 0 radical (unpaired) electrons. The summed E-state index contributed by atoms with van der Waals surface area (Å²) in [7, 11) is 3.05. The summed E-state index contributed by atoms with van der Waals surface area (Å²) in [5.74, 6) is 0.468. The van der Waals surface area contributed by atoms with Gasteiger partial charge in [0, 0.05) is 13.6 Å². The lowest BCUT2D eigenvalue weighted by Gasteiger charge is -2.26. The molecular weight excluding hydrogens is 790 g/mol. The number of esters is 1. The lowest BCUT2D eigenvalue weighted by atomic mass is 9.95. The molecule has 0 aliphatic carbocycles. The quantitative estimate of drug-likeness (QED) is 0.291. The van der Waals surface area contributed by atoms with E-state index in [0.717, 1.165) is 3.57 Å². The van der Waals surface area contributed by atoms with Gasteiger partial charge in [-0.2, -0.15) is 0 Å². The Hall–Kier alpha value is -1.91. The van der Waals surface area contributed by atoms with Gasteiger partial charge in [-0.05, 0) is 94.9 Å². The van der Waals surface area contributed by atoms with Crippen LogP contribution in [0.25, 0.3) is 6.08 Å². The van der Waals surface area contributed by atoms with Crippen LogP contribution in [-0.2, 0) is 9.53 Å². The summed E-state index contributed by atoms with van der Waals surface area (Å²) >= 11 is 8.99. The second-order valence-corrected chi connectivity index (χ2v) is 12.1. The van der Waals surface area contributed by atoms with Crippen LogP contribution in [0.1, 0.15) is 31.0 Å². The molecule has 1 N–H and O–H groups in total. The summed E-state index contributed by atoms with van der Waals surface area (Å²) in [6.45, 7) is 3.61. The minimum atomic E-state index is -0.837. The zero-order valence-electron chi connectivity index (χ0n) is 20.1. The number of methoxy groups -OCH3 is 2. The van der Waals surface area contributed by atoms with E-state index in [0.29, 0.717) is 45.7 Å². The number of carbonyl (C=O) groups excluding carboxylic acids is 1. The number of allylic oxidation sites excluding steroid dienone is 1. The van der Waals surface area contributed by atoms with Crippen LogP contribution >= 0.6 is 72.4 Å². The van der Waals surface area contributed by atoms with Gasteiger partial charge in [0.05, 0.1) is 46.2 Å². The number of hydrogen-bond donors (Lipinski definition) is 1. The standard InChI is InChI=1S/C25H21BrI2N2O6S/c1-5-36-24(33)20-11(2)29-25-30(21(20)14-9-17(34-3)18(35-4)10-15(14)26)23(32)19(37-25)7-12-6-13(27)8-16(28)22(12)31/h6-10,21,31H,5H2,1-4H3/b19-7-/t21-/m0/s1. The molecule has 8 nitrogen and oxygen atoms in total. The number of phenols is 1. The first-order chi connectivity index (χ1) is 17.6. The number of nitrogens with zero attached hydrogens (tertiary/aromatic N) is 2. The Morgan fingerprint density at radius 1 is 1.22 bits per heavy atom. The Morgan fingerprint density at radius 3 is 2.54 bits per heavy atom. The van der Waals surface area contributed by atoms with Gasteiger partial charge < -0.3 is 19.3 Å². The van der Waals surface area contributed by atoms with Crippen molar-refractivity contribution in [3.05, 3.63) is 78.0 Å². The van der Waals surface area contributed by atoms with Crippen molar-refractivity contribution in [3.8, 4) is 17.2 Å². The van der Waals surface area contributed by atoms with Gasteiger partial charge in [-0.1, -0.05) is 27.3 Å². The Bertz CT molecular complexity index is 1630. The number of benzene rings is 2. The summed E-state index contributed by atoms with van der Waals surface area (Å²) < 4.78 is 20.4. The van der Waals surface area contributed by atoms with Gasteiger partial charge in [0.1, 0.15) is 5.75 Å². The summed E-state index contributed by atoms with van der Waals surface area (Å²) in [6, 6.07) is 6.27. The molecule has 1 atom stereocenters. The fourth-order valence-corrected chi connectivity index (χ4v) is 7.47. The Kier molecular flexibility index (Phi) is 8.70. The maximum atomic E-state index is 13.9. The predicted molar refractivity (Wildman–Crippen MR) is 161 cm³/mol. The SMILES string of the molecule is CCOC(=O)C1=C(C)N=c2s/c(=C\c3cc(I)cc(I)c3O)c(=O)n2[C@H]1c1cc(OC)c(OC)cc1Br. The number of thiazole rings is 1. The minimum Gasteiger partial charge on any atom is -0.506 e. The number of halogens is 3. The van der Waals surface area contributed by atoms with E-state index in [4.69, 9.17) is 14.2 Å². The van der Waals surface area contributed by atoms with Crippen molar-refractivity contribution in [2.75, 3.05) is 20.8 Å². The number of hydrogen-bond acceptors (Lipinski definition) is 8. The average Bonchev–Trinajstić information content (AvgIpc) is 3.15. The first-order valence-corrected chi connectivity index (χ1v) is 14.7. The lowest BCUT2D eigenvalue weighted by molar-refractivity contribution is -0.139. The molecule has 0 saturated heterocycles. The topological polar surface area (TPSA) is 99.4 Å². The van der Waals surface area contributed by atoms with Crippen LogP contribution in [0.15, 0.2) is 49.8 Å². The van der Waals surface area contributed by atoms with E-state index >= 15 is 0 Å². The zero-order chi connectivity index (χ0) is 27.0. The van der Waals surface area contributed by atoms with Crippen LogP contribution < -0.4 is 24.4 Å². The lowest BCUT2D eigenvalue weighted by Crippen LogP contribution is -2.40. The highest BCUT2D eigenvalue weighted by Gasteiger charge is 2.35. The smallest absolute Gasteiger partial charge is 0.338 e.